The summed E-state index contributed by atoms with van der Waals surface area (Å²) in [5, 5.41) is 0. The topological polar surface area (TPSA) is 64.8 Å². The standard InChI is InChI=1S/C17H24N2O3/c1-3-10-22-15-6-4-13(11-16(15)21-2)5-7-17(20)19-9-8-14(18)12-19/h4-7,11,14H,3,8-10,12,18H2,1-2H3/b7-5+/t14-/m0/s1. The highest BCUT2D eigenvalue weighted by molar-refractivity contribution is 5.92. The fraction of sp³-hybridized carbons (Fsp3) is 0.471. The third-order valence-corrected chi connectivity index (χ3v) is 3.60. The molecule has 0 aliphatic carbocycles. The summed E-state index contributed by atoms with van der Waals surface area (Å²) < 4.78 is 10.9. The van der Waals surface area contributed by atoms with Crippen molar-refractivity contribution in [3.05, 3.63) is 29.8 Å². The van der Waals surface area contributed by atoms with Gasteiger partial charge in [-0.25, -0.2) is 0 Å². The molecule has 2 N–H and O–H groups in total. The molecule has 0 radical (unpaired) electrons. The van der Waals surface area contributed by atoms with Crippen molar-refractivity contribution in [3.8, 4) is 11.5 Å². The molecule has 1 atom stereocenters. The fourth-order valence-electron chi connectivity index (χ4n) is 2.38. The van der Waals surface area contributed by atoms with Crippen LogP contribution in [0.3, 0.4) is 0 Å². The lowest BCUT2D eigenvalue weighted by Gasteiger charge is -2.13. The molecule has 22 heavy (non-hydrogen) atoms. The number of amides is 1. The first-order valence-electron chi connectivity index (χ1n) is 7.67. The van der Waals surface area contributed by atoms with Crippen LogP contribution in [0.1, 0.15) is 25.3 Å². The third kappa shape index (κ3) is 4.24. The van der Waals surface area contributed by atoms with Gasteiger partial charge in [-0.2, -0.15) is 0 Å². The molecule has 2 rings (SSSR count). The third-order valence-electron chi connectivity index (χ3n) is 3.60. The molecule has 1 aliphatic rings. The number of nitrogens with two attached hydrogens (primary N) is 1. The Hall–Kier alpha value is -2.01. The van der Waals surface area contributed by atoms with Crippen LogP contribution in [0.4, 0.5) is 0 Å². The summed E-state index contributed by atoms with van der Waals surface area (Å²) in [6.07, 6.45) is 5.19. The molecule has 0 bridgehead atoms. The Labute approximate surface area is 131 Å². The second-order valence-electron chi connectivity index (χ2n) is 5.43. The zero-order chi connectivity index (χ0) is 15.9. The van der Waals surface area contributed by atoms with Gasteiger partial charge in [0.15, 0.2) is 11.5 Å². The van der Waals surface area contributed by atoms with Crippen LogP contribution in [-0.4, -0.2) is 43.7 Å². The monoisotopic (exact) mass is 304 g/mol. The van der Waals surface area contributed by atoms with Crippen LogP contribution < -0.4 is 15.2 Å². The Morgan fingerprint density at radius 2 is 2.27 bits per heavy atom. The number of carbonyl (C=O) groups excluding carboxylic acids is 1. The molecule has 1 fully saturated rings. The Morgan fingerprint density at radius 3 is 2.91 bits per heavy atom. The van der Waals surface area contributed by atoms with E-state index in [0.29, 0.717) is 18.9 Å². The number of nitrogens with zero attached hydrogens (tertiary/aromatic N) is 1. The predicted molar refractivity (Wildman–Crippen MR) is 87.0 cm³/mol. The van der Waals surface area contributed by atoms with Crippen molar-refractivity contribution >= 4 is 12.0 Å². The summed E-state index contributed by atoms with van der Waals surface area (Å²) in [5.74, 6) is 1.39. The average molecular weight is 304 g/mol. The number of ether oxygens (including phenoxy) is 2. The summed E-state index contributed by atoms with van der Waals surface area (Å²) in [7, 11) is 1.61. The molecule has 5 heteroatoms. The van der Waals surface area contributed by atoms with Crippen LogP contribution in [0, 0.1) is 0 Å². The first-order valence-corrected chi connectivity index (χ1v) is 7.67. The maximum absolute atomic E-state index is 12.1. The van der Waals surface area contributed by atoms with Gasteiger partial charge in [-0.05, 0) is 36.6 Å². The molecule has 1 heterocycles. The van der Waals surface area contributed by atoms with Crippen LogP contribution in [-0.2, 0) is 4.79 Å². The first kappa shape index (κ1) is 16.4. The lowest BCUT2D eigenvalue weighted by atomic mass is 10.2. The van der Waals surface area contributed by atoms with Gasteiger partial charge in [0.05, 0.1) is 13.7 Å². The molecule has 0 saturated carbocycles. The van der Waals surface area contributed by atoms with Crippen molar-refractivity contribution in [1.82, 2.24) is 4.90 Å². The van der Waals surface area contributed by atoms with E-state index in [2.05, 4.69) is 6.92 Å². The normalized spacial score (nSPS) is 18.0. The van der Waals surface area contributed by atoms with Gasteiger partial charge in [0.2, 0.25) is 5.91 Å². The van der Waals surface area contributed by atoms with Gasteiger partial charge in [-0.15, -0.1) is 0 Å². The second kappa shape index (κ2) is 7.84. The van der Waals surface area contributed by atoms with E-state index in [9.17, 15) is 4.79 Å². The van der Waals surface area contributed by atoms with Crippen molar-refractivity contribution in [2.75, 3.05) is 26.8 Å². The minimum Gasteiger partial charge on any atom is -0.493 e. The average Bonchev–Trinajstić information content (AvgIpc) is 2.97. The Kier molecular flexibility index (Phi) is 5.83. The number of hydrogen-bond donors (Lipinski definition) is 1. The summed E-state index contributed by atoms with van der Waals surface area (Å²) >= 11 is 0. The van der Waals surface area contributed by atoms with Gasteiger partial charge in [0.25, 0.3) is 0 Å². The zero-order valence-electron chi connectivity index (χ0n) is 13.2. The van der Waals surface area contributed by atoms with Gasteiger partial charge in [0.1, 0.15) is 0 Å². The van der Waals surface area contributed by atoms with E-state index in [4.69, 9.17) is 15.2 Å². The van der Waals surface area contributed by atoms with E-state index in [1.54, 1.807) is 24.2 Å². The zero-order valence-corrected chi connectivity index (χ0v) is 13.2. The number of carbonyl (C=O) groups is 1. The van der Waals surface area contributed by atoms with E-state index in [-0.39, 0.29) is 11.9 Å². The number of methoxy groups -OCH3 is 1. The Balaban J connectivity index is 2.02. The molecular formula is C17H24N2O3. The number of hydrogen-bond acceptors (Lipinski definition) is 4. The molecule has 0 spiro atoms. The van der Waals surface area contributed by atoms with E-state index in [1.165, 1.54) is 0 Å². The highest BCUT2D eigenvalue weighted by atomic mass is 16.5. The number of benzene rings is 1. The highest BCUT2D eigenvalue weighted by Gasteiger charge is 2.21. The SMILES string of the molecule is CCCOc1ccc(/C=C/C(=O)N2CC[C@H](N)C2)cc1OC. The van der Waals surface area contributed by atoms with Crippen LogP contribution in [0.5, 0.6) is 11.5 Å². The number of rotatable bonds is 6. The van der Waals surface area contributed by atoms with Crippen LogP contribution in [0.2, 0.25) is 0 Å². The quantitative estimate of drug-likeness (QED) is 0.817. The summed E-state index contributed by atoms with van der Waals surface area (Å²) in [6, 6.07) is 5.74. The Bertz CT molecular complexity index is 543. The molecule has 5 nitrogen and oxygen atoms in total. The predicted octanol–water partition coefficient (Wildman–Crippen LogP) is 2.06. The molecule has 1 aliphatic heterocycles. The first-order chi connectivity index (χ1) is 10.6. The summed E-state index contributed by atoms with van der Waals surface area (Å²) in [6.45, 7) is 4.08. The molecule has 1 aromatic rings. The second-order valence-corrected chi connectivity index (χ2v) is 5.43. The minimum absolute atomic E-state index is 0.00164. The van der Waals surface area contributed by atoms with Crippen LogP contribution in [0.15, 0.2) is 24.3 Å². The lowest BCUT2D eigenvalue weighted by Crippen LogP contribution is -2.30. The number of likely N-dealkylation sites (tertiary alicyclic amines) is 1. The smallest absolute Gasteiger partial charge is 0.246 e. The van der Waals surface area contributed by atoms with Gasteiger partial charge in [-0.3, -0.25) is 4.79 Å². The van der Waals surface area contributed by atoms with E-state index in [0.717, 1.165) is 30.7 Å². The fourth-order valence-corrected chi connectivity index (χ4v) is 2.38. The molecule has 0 unspecified atom stereocenters. The van der Waals surface area contributed by atoms with Gasteiger partial charge >= 0.3 is 0 Å². The van der Waals surface area contributed by atoms with E-state index >= 15 is 0 Å². The van der Waals surface area contributed by atoms with Gasteiger partial charge in [-0.1, -0.05) is 13.0 Å². The van der Waals surface area contributed by atoms with Crippen molar-refractivity contribution in [2.24, 2.45) is 5.73 Å². The van der Waals surface area contributed by atoms with E-state index in [1.807, 2.05) is 18.2 Å². The van der Waals surface area contributed by atoms with Crippen molar-refractivity contribution in [3.63, 3.8) is 0 Å². The molecule has 0 aromatic heterocycles. The highest BCUT2D eigenvalue weighted by Crippen LogP contribution is 2.28. The minimum atomic E-state index is -0.00164. The molecule has 1 saturated heterocycles. The van der Waals surface area contributed by atoms with Crippen LogP contribution >= 0.6 is 0 Å². The molecule has 1 amide bonds. The maximum atomic E-state index is 12.1. The molecule has 1 aromatic carbocycles. The maximum Gasteiger partial charge on any atom is 0.246 e. The van der Waals surface area contributed by atoms with Gasteiger partial charge in [0, 0.05) is 25.2 Å². The summed E-state index contributed by atoms with van der Waals surface area (Å²) in [4.78, 5) is 13.8. The van der Waals surface area contributed by atoms with Crippen molar-refractivity contribution in [1.29, 1.82) is 0 Å². The van der Waals surface area contributed by atoms with Crippen molar-refractivity contribution < 1.29 is 14.3 Å². The Morgan fingerprint density at radius 1 is 1.45 bits per heavy atom. The largest absolute Gasteiger partial charge is 0.493 e. The molecule has 120 valence electrons. The lowest BCUT2D eigenvalue weighted by molar-refractivity contribution is -0.124. The van der Waals surface area contributed by atoms with Gasteiger partial charge < -0.3 is 20.1 Å². The van der Waals surface area contributed by atoms with E-state index < -0.39 is 0 Å². The van der Waals surface area contributed by atoms with Crippen LogP contribution in [0.25, 0.3) is 6.08 Å². The van der Waals surface area contributed by atoms with Crippen molar-refractivity contribution in [2.45, 2.75) is 25.8 Å². The molecular weight excluding hydrogens is 280 g/mol. The summed E-state index contributed by atoms with van der Waals surface area (Å²) in [5.41, 5.74) is 6.72.